The minimum Gasteiger partial charge on any atom is -0.497 e. The van der Waals surface area contributed by atoms with Crippen LogP contribution in [-0.4, -0.2) is 50.2 Å². The maximum atomic E-state index is 11.9. The van der Waals surface area contributed by atoms with E-state index in [0.717, 1.165) is 30.8 Å². The van der Waals surface area contributed by atoms with Crippen molar-refractivity contribution in [3.8, 4) is 5.75 Å². The molecule has 1 fully saturated rings. The molecule has 0 radical (unpaired) electrons. The molecule has 2 aromatic rings. The summed E-state index contributed by atoms with van der Waals surface area (Å²) in [5.41, 5.74) is 1.18. The molecular formula is C21H28N2O3. The number of morpholine rings is 1. The molecule has 2 aromatic carbocycles. The Kier molecular flexibility index (Phi) is 6.12. The van der Waals surface area contributed by atoms with E-state index >= 15 is 0 Å². The zero-order valence-corrected chi connectivity index (χ0v) is 15.8. The van der Waals surface area contributed by atoms with Gasteiger partial charge in [0, 0.05) is 32.1 Å². The van der Waals surface area contributed by atoms with Gasteiger partial charge in [-0.2, -0.15) is 0 Å². The van der Waals surface area contributed by atoms with Gasteiger partial charge in [-0.15, -0.1) is 0 Å². The van der Waals surface area contributed by atoms with E-state index < -0.39 is 0 Å². The third-order valence-corrected chi connectivity index (χ3v) is 4.70. The molecule has 1 saturated heterocycles. The molecule has 5 heteroatoms. The van der Waals surface area contributed by atoms with Crippen molar-refractivity contribution in [2.24, 2.45) is 0 Å². The van der Waals surface area contributed by atoms with Gasteiger partial charge in [0.15, 0.2) is 0 Å². The number of benzene rings is 2. The van der Waals surface area contributed by atoms with Crippen LogP contribution in [-0.2, 0) is 9.53 Å². The van der Waals surface area contributed by atoms with Crippen LogP contribution in [0.3, 0.4) is 0 Å². The Morgan fingerprint density at radius 1 is 1.27 bits per heavy atom. The summed E-state index contributed by atoms with van der Waals surface area (Å²) >= 11 is 0. The fourth-order valence-electron chi connectivity index (χ4n) is 3.33. The van der Waals surface area contributed by atoms with Gasteiger partial charge in [0.1, 0.15) is 5.75 Å². The second kappa shape index (κ2) is 8.52. The van der Waals surface area contributed by atoms with Gasteiger partial charge in [-0.05, 0) is 48.4 Å². The van der Waals surface area contributed by atoms with E-state index in [2.05, 4.69) is 34.5 Å². The summed E-state index contributed by atoms with van der Waals surface area (Å²) in [6.45, 7) is 7.11. The van der Waals surface area contributed by atoms with Gasteiger partial charge in [0.05, 0.1) is 19.8 Å². The number of fused-ring (bicyclic) bond motifs is 1. The average Bonchev–Trinajstić information content (AvgIpc) is 2.65. The zero-order valence-electron chi connectivity index (χ0n) is 15.8. The molecule has 3 rings (SSSR count). The Morgan fingerprint density at radius 3 is 2.81 bits per heavy atom. The summed E-state index contributed by atoms with van der Waals surface area (Å²) in [6.07, 6.45) is 0.575. The van der Waals surface area contributed by atoms with E-state index in [0.29, 0.717) is 13.0 Å². The maximum Gasteiger partial charge on any atom is 0.221 e. The zero-order chi connectivity index (χ0) is 18.5. The first-order valence-electron chi connectivity index (χ1n) is 9.26. The average molecular weight is 356 g/mol. The number of hydrogen-bond acceptors (Lipinski definition) is 4. The number of rotatable bonds is 6. The van der Waals surface area contributed by atoms with Crippen molar-refractivity contribution in [1.29, 1.82) is 0 Å². The number of carbonyl (C=O) groups is 1. The van der Waals surface area contributed by atoms with Crippen LogP contribution in [0.25, 0.3) is 10.8 Å². The van der Waals surface area contributed by atoms with E-state index in [4.69, 9.17) is 9.47 Å². The number of amides is 1. The van der Waals surface area contributed by atoms with Crippen molar-refractivity contribution in [2.45, 2.75) is 32.4 Å². The summed E-state index contributed by atoms with van der Waals surface area (Å²) in [5, 5.41) is 5.29. The molecule has 1 atom stereocenters. The highest BCUT2D eigenvalue weighted by Gasteiger charge is 2.22. The van der Waals surface area contributed by atoms with E-state index in [1.54, 1.807) is 7.11 Å². The second-order valence-corrected chi connectivity index (χ2v) is 7.10. The summed E-state index contributed by atoms with van der Waals surface area (Å²) in [4.78, 5) is 14.2. The van der Waals surface area contributed by atoms with Crippen LogP contribution in [0.4, 0.5) is 0 Å². The summed E-state index contributed by atoms with van der Waals surface area (Å²) in [5.74, 6) is 0.979. The van der Waals surface area contributed by atoms with E-state index in [1.807, 2.05) is 26.0 Å². The molecule has 0 bridgehead atoms. The Bertz CT molecular complexity index is 760. The number of methoxy groups -OCH3 is 1. The number of hydrogen-bond donors (Lipinski definition) is 1. The van der Waals surface area contributed by atoms with Crippen LogP contribution in [0.15, 0.2) is 36.4 Å². The van der Waals surface area contributed by atoms with Gasteiger partial charge in [-0.3, -0.25) is 9.69 Å². The number of carbonyl (C=O) groups excluding carboxylic acids is 1. The molecule has 0 saturated carbocycles. The smallest absolute Gasteiger partial charge is 0.221 e. The maximum absolute atomic E-state index is 11.9. The molecule has 1 aliphatic heterocycles. The van der Waals surface area contributed by atoms with Gasteiger partial charge >= 0.3 is 0 Å². The fraction of sp³-hybridized carbons (Fsp3) is 0.476. The van der Waals surface area contributed by atoms with Gasteiger partial charge in [0.25, 0.3) is 0 Å². The highest BCUT2D eigenvalue weighted by atomic mass is 16.5. The molecule has 1 heterocycles. The van der Waals surface area contributed by atoms with Crippen LogP contribution in [0, 0.1) is 0 Å². The van der Waals surface area contributed by atoms with Crippen molar-refractivity contribution < 1.29 is 14.3 Å². The van der Waals surface area contributed by atoms with E-state index in [-0.39, 0.29) is 18.1 Å². The first kappa shape index (κ1) is 18.7. The van der Waals surface area contributed by atoms with Crippen molar-refractivity contribution in [2.75, 3.05) is 33.4 Å². The van der Waals surface area contributed by atoms with Crippen molar-refractivity contribution in [3.05, 3.63) is 42.0 Å². The molecule has 0 spiro atoms. The predicted molar refractivity (Wildman–Crippen MR) is 104 cm³/mol. The lowest BCUT2D eigenvalue weighted by Crippen LogP contribution is -2.41. The summed E-state index contributed by atoms with van der Waals surface area (Å²) < 4.78 is 11.3. The van der Waals surface area contributed by atoms with Crippen LogP contribution < -0.4 is 10.1 Å². The third kappa shape index (κ3) is 4.74. The first-order valence-corrected chi connectivity index (χ1v) is 9.26. The molecule has 1 aliphatic rings. The fourth-order valence-corrected chi connectivity index (χ4v) is 3.33. The van der Waals surface area contributed by atoms with Crippen LogP contribution in [0.2, 0.25) is 0 Å². The predicted octanol–water partition coefficient (Wildman–Crippen LogP) is 3.14. The number of ether oxygens (including phenoxy) is 2. The van der Waals surface area contributed by atoms with Gasteiger partial charge in [-0.1, -0.05) is 18.2 Å². The molecule has 0 unspecified atom stereocenters. The minimum absolute atomic E-state index is 0.0448. The van der Waals surface area contributed by atoms with Crippen LogP contribution in [0.1, 0.15) is 31.9 Å². The first-order chi connectivity index (χ1) is 12.5. The summed E-state index contributed by atoms with van der Waals surface area (Å²) in [6, 6.07) is 12.7. The Morgan fingerprint density at radius 2 is 2.04 bits per heavy atom. The lowest BCUT2D eigenvalue weighted by molar-refractivity contribution is -0.122. The lowest BCUT2D eigenvalue weighted by atomic mass is 10.0. The molecule has 26 heavy (non-hydrogen) atoms. The van der Waals surface area contributed by atoms with Gasteiger partial charge < -0.3 is 14.8 Å². The highest BCUT2D eigenvalue weighted by molar-refractivity contribution is 5.84. The van der Waals surface area contributed by atoms with Crippen LogP contribution >= 0.6 is 0 Å². The van der Waals surface area contributed by atoms with Crippen molar-refractivity contribution in [3.63, 3.8) is 0 Å². The standard InChI is InChI=1S/C21H28N2O3/c1-15(2)22-21(24)8-9-23-10-11-26-20(14-23)18-5-4-17-13-19(25-3)7-6-16(17)12-18/h4-7,12-13,15,20H,8-11,14H2,1-3H3,(H,22,24)/t20-/m0/s1. The minimum atomic E-state index is 0.0448. The van der Waals surface area contributed by atoms with Gasteiger partial charge in [-0.25, -0.2) is 0 Å². The number of nitrogens with one attached hydrogen (secondary N) is 1. The second-order valence-electron chi connectivity index (χ2n) is 7.10. The quantitative estimate of drug-likeness (QED) is 0.864. The third-order valence-electron chi connectivity index (χ3n) is 4.70. The SMILES string of the molecule is COc1ccc2cc([C@@H]3CN(CCC(=O)NC(C)C)CCO3)ccc2c1. The lowest BCUT2D eigenvalue weighted by Gasteiger charge is -2.33. The Labute approximate surface area is 155 Å². The molecule has 140 valence electrons. The normalized spacial score (nSPS) is 18.2. The highest BCUT2D eigenvalue weighted by Crippen LogP contribution is 2.27. The Balaban J connectivity index is 1.63. The van der Waals surface area contributed by atoms with Gasteiger partial charge in [0.2, 0.25) is 5.91 Å². The Hall–Kier alpha value is -2.11. The largest absolute Gasteiger partial charge is 0.497 e. The summed E-state index contributed by atoms with van der Waals surface area (Å²) in [7, 11) is 1.68. The molecule has 0 aliphatic carbocycles. The van der Waals surface area contributed by atoms with E-state index in [1.165, 1.54) is 10.9 Å². The topological polar surface area (TPSA) is 50.8 Å². The molecule has 1 amide bonds. The van der Waals surface area contributed by atoms with E-state index in [9.17, 15) is 4.79 Å². The molecule has 5 nitrogen and oxygen atoms in total. The monoisotopic (exact) mass is 356 g/mol. The van der Waals surface area contributed by atoms with Crippen LogP contribution in [0.5, 0.6) is 5.75 Å². The molecular weight excluding hydrogens is 328 g/mol. The number of nitrogens with zero attached hydrogens (tertiary/aromatic N) is 1. The molecule has 1 N–H and O–H groups in total. The van der Waals surface area contributed by atoms with Crippen molar-refractivity contribution in [1.82, 2.24) is 10.2 Å². The van der Waals surface area contributed by atoms with Crippen molar-refractivity contribution >= 4 is 16.7 Å². The molecule has 0 aromatic heterocycles.